The lowest BCUT2D eigenvalue weighted by molar-refractivity contribution is -0.206. The van der Waals surface area contributed by atoms with E-state index in [0.717, 1.165) is 12.3 Å². The Balaban J connectivity index is 3.03. The number of hydrogen-bond donors (Lipinski definition) is 1. The van der Waals surface area contributed by atoms with Crippen LogP contribution < -0.4 is 0 Å². The van der Waals surface area contributed by atoms with Crippen molar-refractivity contribution in [1.82, 2.24) is 4.98 Å². The Morgan fingerprint density at radius 3 is 2.50 bits per heavy atom. The molecule has 2 nitrogen and oxygen atoms in total. The fourth-order valence-corrected chi connectivity index (χ4v) is 1.02. The molecule has 0 unspecified atom stereocenters. The predicted octanol–water partition coefficient (Wildman–Crippen LogP) is 2.64. The van der Waals surface area contributed by atoms with Crippen molar-refractivity contribution in [1.29, 1.82) is 0 Å². The summed E-state index contributed by atoms with van der Waals surface area (Å²) >= 11 is 5.53. The normalized spacial score (nSPS) is 14.1. The zero-order valence-corrected chi connectivity index (χ0v) is 7.89. The number of aryl methyl sites for hydroxylation is 1. The highest BCUT2D eigenvalue weighted by Gasteiger charge is 2.39. The molecule has 1 N–H and O–H groups in total. The standard InChI is InChI=1S/C8H7ClF3NO/c1-4-2-5(3-13-7(4)9)6(14)8(10,11)12/h2-3,6,14H,1H3/t6-/m1/s1. The van der Waals surface area contributed by atoms with Gasteiger partial charge in [0.1, 0.15) is 5.15 Å². The van der Waals surface area contributed by atoms with E-state index in [4.69, 9.17) is 16.7 Å². The second-order valence-corrected chi connectivity index (χ2v) is 3.18. The Labute approximate surface area is 83.3 Å². The molecule has 0 aliphatic heterocycles. The van der Waals surface area contributed by atoms with E-state index in [2.05, 4.69) is 4.98 Å². The SMILES string of the molecule is Cc1cc([C@@H](O)C(F)(F)F)cnc1Cl. The molecule has 14 heavy (non-hydrogen) atoms. The lowest BCUT2D eigenvalue weighted by Crippen LogP contribution is -2.20. The Morgan fingerprint density at radius 1 is 1.50 bits per heavy atom. The maximum absolute atomic E-state index is 12.1. The van der Waals surface area contributed by atoms with Crippen molar-refractivity contribution in [2.24, 2.45) is 0 Å². The fraction of sp³-hybridized carbons (Fsp3) is 0.375. The van der Waals surface area contributed by atoms with Gasteiger partial charge < -0.3 is 5.11 Å². The summed E-state index contributed by atoms with van der Waals surface area (Å²) in [6.07, 6.45) is -6.28. The maximum Gasteiger partial charge on any atom is 0.418 e. The van der Waals surface area contributed by atoms with E-state index in [0.29, 0.717) is 5.56 Å². The van der Waals surface area contributed by atoms with Crippen LogP contribution in [-0.2, 0) is 0 Å². The van der Waals surface area contributed by atoms with E-state index < -0.39 is 12.3 Å². The summed E-state index contributed by atoms with van der Waals surface area (Å²) < 4.78 is 36.2. The summed E-state index contributed by atoms with van der Waals surface area (Å²) in [6, 6.07) is 1.16. The van der Waals surface area contributed by atoms with Crippen molar-refractivity contribution in [2.75, 3.05) is 0 Å². The lowest BCUT2D eigenvalue weighted by Gasteiger charge is -2.14. The van der Waals surface area contributed by atoms with Crippen LogP contribution in [0.2, 0.25) is 5.15 Å². The van der Waals surface area contributed by atoms with Gasteiger partial charge in [0.25, 0.3) is 0 Å². The van der Waals surface area contributed by atoms with E-state index in [1.807, 2.05) is 0 Å². The van der Waals surface area contributed by atoms with Gasteiger partial charge in [0.2, 0.25) is 0 Å². The molecule has 1 heterocycles. The highest BCUT2D eigenvalue weighted by molar-refractivity contribution is 6.30. The van der Waals surface area contributed by atoms with Gasteiger partial charge in [-0.15, -0.1) is 0 Å². The van der Waals surface area contributed by atoms with Gasteiger partial charge in [0, 0.05) is 11.8 Å². The summed E-state index contributed by atoms with van der Waals surface area (Å²) in [4.78, 5) is 3.52. The van der Waals surface area contributed by atoms with Gasteiger partial charge >= 0.3 is 6.18 Å². The van der Waals surface area contributed by atoms with Crippen LogP contribution in [0.4, 0.5) is 13.2 Å². The number of aliphatic hydroxyl groups excluding tert-OH is 1. The molecule has 1 rings (SSSR count). The van der Waals surface area contributed by atoms with Crippen LogP contribution in [0.1, 0.15) is 17.2 Å². The molecule has 1 aromatic rings. The number of alkyl halides is 3. The summed E-state index contributed by atoms with van der Waals surface area (Å²) in [5, 5.41) is 8.99. The Kier molecular flexibility index (Phi) is 3.01. The molecule has 0 saturated carbocycles. The number of pyridine rings is 1. The third-order valence-corrected chi connectivity index (χ3v) is 2.06. The molecule has 0 fully saturated rings. The summed E-state index contributed by atoms with van der Waals surface area (Å²) in [5.41, 5.74) is 0.0897. The monoisotopic (exact) mass is 225 g/mol. The van der Waals surface area contributed by atoms with E-state index >= 15 is 0 Å². The molecule has 0 saturated heterocycles. The summed E-state index contributed by atoms with van der Waals surface area (Å²) in [5.74, 6) is 0. The molecular weight excluding hydrogens is 219 g/mol. The van der Waals surface area contributed by atoms with Gasteiger partial charge in [0.05, 0.1) is 0 Å². The predicted molar refractivity (Wildman–Crippen MR) is 45.0 cm³/mol. The first-order chi connectivity index (χ1) is 6.32. The Hall–Kier alpha value is -0.810. The fourth-order valence-electron chi connectivity index (χ4n) is 0.918. The minimum atomic E-state index is -4.68. The van der Waals surface area contributed by atoms with Gasteiger partial charge in [-0.05, 0) is 18.6 Å². The molecule has 0 bridgehead atoms. The summed E-state index contributed by atoms with van der Waals surface area (Å²) in [6.45, 7) is 1.52. The largest absolute Gasteiger partial charge is 0.418 e. The first kappa shape index (κ1) is 11.3. The van der Waals surface area contributed by atoms with Crippen molar-refractivity contribution in [3.8, 4) is 0 Å². The second-order valence-electron chi connectivity index (χ2n) is 2.82. The Morgan fingerprint density at radius 2 is 2.07 bits per heavy atom. The van der Waals surface area contributed by atoms with Gasteiger partial charge in [0.15, 0.2) is 6.10 Å². The molecule has 0 amide bonds. The first-order valence-electron chi connectivity index (χ1n) is 3.69. The van der Waals surface area contributed by atoms with Crippen molar-refractivity contribution >= 4 is 11.6 Å². The molecular formula is C8H7ClF3NO. The van der Waals surface area contributed by atoms with Gasteiger partial charge in [-0.1, -0.05) is 11.6 Å². The van der Waals surface area contributed by atoms with E-state index in [-0.39, 0.29) is 10.7 Å². The molecule has 0 radical (unpaired) electrons. The molecule has 0 aliphatic carbocycles. The van der Waals surface area contributed by atoms with E-state index in [1.165, 1.54) is 6.92 Å². The summed E-state index contributed by atoms with van der Waals surface area (Å²) in [7, 11) is 0. The van der Waals surface area contributed by atoms with Gasteiger partial charge in [-0.2, -0.15) is 13.2 Å². The van der Waals surface area contributed by atoms with Crippen LogP contribution in [0.3, 0.4) is 0 Å². The minimum Gasteiger partial charge on any atom is -0.379 e. The van der Waals surface area contributed by atoms with Crippen LogP contribution in [-0.4, -0.2) is 16.3 Å². The molecule has 0 aromatic carbocycles. The molecule has 6 heteroatoms. The average molecular weight is 226 g/mol. The first-order valence-corrected chi connectivity index (χ1v) is 4.07. The number of aliphatic hydroxyl groups is 1. The maximum atomic E-state index is 12.1. The van der Waals surface area contributed by atoms with Crippen molar-refractivity contribution < 1.29 is 18.3 Å². The molecule has 1 aromatic heterocycles. The molecule has 1 atom stereocenters. The number of nitrogens with zero attached hydrogens (tertiary/aromatic N) is 1. The van der Waals surface area contributed by atoms with Crippen LogP contribution in [0, 0.1) is 6.92 Å². The Bertz CT molecular complexity index is 340. The highest BCUT2D eigenvalue weighted by Crippen LogP contribution is 2.32. The minimum absolute atomic E-state index is 0.128. The third kappa shape index (κ3) is 2.36. The van der Waals surface area contributed by atoms with Gasteiger partial charge in [-0.25, -0.2) is 4.98 Å². The highest BCUT2D eigenvalue weighted by atomic mass is 35.5. The van der Waals surface area contributed by atoms with Crippen LogP contribution >= 0.6 is 11.6 Å². The average Bonchev–Trinajstić information content (AvgIpc) is 2.07. The smallest absolute Gasteiger partial charge is 0.379 e. The number of aromatic nitrogens is 1. The number of hydrogen-bond acceptors (Lipinski definition) is 2. The molecule has 0 aliphatic rings. The second kappa shape index (κ2) is 3.74. The topological polar surface area (TPSA) is 33.1 Å². The van der Waals surface area contributed by atoms with E-state index in [9.17, 15) is 13.2 Å². The van der Waals surface area contributed by atoms with Crippen LogP contribution in [0.25, 0.3) is 0 Å². The lowest BCUT2D eigenvalue weighted by atomic mass is 10.1. The van der Waals surface area contributed by atoms with Crippen molar-refractivity contribution in [3.05, 3.63) is 28.5 Å². The van der Waals surface area contributed by atoms with Crippen LogP contribution in [0.5, 0.6) is 0 Å². The van der Waals surface area contributed by atoms with E-state index in [1.54, 1.807) is 0 Å². The molecule has 0 spiro atoms. The zero-order valence-electron chi connectivity index (χ0n) is 7.14. The van der Waals surface area contributed by atoms with Crippen molar-refractivity contribution in [2.45, 2.75) is 19.2 Å². The van der Waals surface area contributed by atoms with Crippen molar-refractivity contribution in [3.63, 3.8) is 0 Å². The number of rotatable bonds is 1. The quantitative estimate of drug-likeness (QED) is 0.746. The zero-order chi connectivity index (χ0) is 10.9. The third-order valence-electron chi connectivity index (χ3n) is 1.66. The molecule has 78 valence electrons. The van der Waals surface area contributed by atoms with Crippen LogP contribution in [0.15, 0.2) is 12.3 Å². The number of halogens is 4. The van der Waals surface area contributed by atoms with Gasteiger partial charge in [-0.3, -0.25) is 0 Å².